The molecule has 2 aliphatic rings. The van der Waals surface area contributed by atoms with Gasteiger partial charge in [-0.2, -0.15) is 24.3 Å². The molecule has 0 aliphatic carbocycles. The van der Waals surface area contributed by atoms with Gasteiger partial charge in [-0.15, -0.1) is 68.3 Å². The van der Waals surface area contributed by atoms with Crippen LogP contribution in [0.2, 0.25) is 36.3 Å². The van der Waals surface area contributed by atoms with E-state index in [0.29, 0.717) is 0 Å². The Labute approximate surface area is 246 Å². The van der Waals surface area contributed by atoms with Gasteiger partial charge in [0, 0.05) is 16.1 Å². The molecule has 184 valence electrons. The molecule has 5 heteroatoms. The molecule has 2 saturated heterocycles. The van der Waals surface area contributed by atoms with E-state index in [9.17, 15) is 0 Å². The number of hydrogen-bond acceptors (Lipinski definition) is 0. The maximum atomic E-state index is 2.44. The zero-order valence-electron chi connectivity index (χ0n) is 21.3. The van der Waals surface area contributed by atoms with Crippen molar-refractivity contribution in [1.29, 1.82) is 0 Å². The average molecular weight is 617 g/mol. The molecule has 35 heavy (non-hydrogen) atoms. The molecule has 0 aromatic heterocycles. The van der Waals surface area contributed by atoms with Crippen LogP contribution in [0.3, 0.4) is 0 Å². The molecule has 2 aliphatic heterocycles. The van der Waals surface area contributed by atoms with E-state index in [1.54, 1.807) is 21.1 Å². The molecule has 0 spiro atoms. The standard InChI is InChI=1S/2C15H19Si.2ClH.Zr/c2*1-2-10-16(11-5-12-16)15-9-8-13-6-3-4-7-14(13)15;;;/h2*3-4,6-9H,2,5,10-12H2,1H3;2*1H;/q2*-1;;;+4/p-2. The summed E-state index contributed by atoms with van der Waals surface area (Å²) in [6.07, 6.45) is 5.69. The Morgan fingerprint density at radius 1 is 0.600 bits per heavy atom. The molecule has 0 amide bonds. The maximum absolute atomic E-state index is 2.44. The molecule has 0 N–H and O–H groups in total. The zero-order valence-corrected chi connectivity index (χ0v) is 27.2. The van der Waals surface area contributed by atoms with Crippen LogP contribution in [0.4, 0.5) is 0 Å². The van der Waals surface area contributed by atoms with Crippen LogP contribution in [-0.4, -0.2) is 16.1 Å². The van der Waals surface area contributed by atoms with Crippen LogP contribution < -0.4 is 35.2 Å². The topological polar surface area (TPSA) is 0 Å². The van der Waals surface area contributed by atoms with E-state index < -0.39 is 16.1 Å². The van der Waals surface area contributed by atoms with Crippen molar-refractivity contribution >= 4 is 48.1 Å². The summed E-state index contributed by atoms with van der Waals surface area (Å²) in [5.74, 6) is 0. The first-order valence-electron chi connectivity index (χ1n) is 13.0. The molecule has 0 radical (unpaired) electrons. The number of fused-ring (bicyclic) bond motifs is 2. The molecule has 4 aromatic carbocycles. The van der Waals surface area contributed by atoms with Gasteiger partial charge in [0.15, 0.2) is 0 Å². The molecule has 2 heterocycles. The Balaban J connectivity index is 0.000000227. The fourth-order valence-electron chi connectivity index (χ4n) is 6.70. The number of benzene rings is 2. The first kappa shape index (κ1) is 30.8. The van der Waals surface area contributed by atoms with E-state index in [-0.39, 0.29) is 51.0 Å². The van der Waals surface area contributed by atoms with Gasteiger partial charge in [0.25, 0.3) is 0 Å². The van der Waals surface area contributed by atoms with E-state index in [1.165, 1.54) is 72.7 Å². The van der Waals surface area contributed by atoms with Gasteiger partial charge in [0.1, 0.15) is 0 Å². The molecule has 6 rings (SSSR count). The van der Waals surface area contributed by atoms with Crippen molar-refractivity contribution in [2.45, 2.75) is 75.8 Å². The SMILES string of the molecule is CCC[Si]1([c-]2ccc3ccccc32)CCC1.CCC[Si]1([c-]2ccc3ccccc32)CCC1.[Cl-].[Cl-].[Zr+4]. The normalized spacial score (nSPS) is 17.0. The molecular formula is C30H38Cl2Si2Zr. The van der Waals surface area contributed by atoms with Crippen molar-refractivity contribution in [2.75, 3.05) is 0 Å². The Morgan fingerprint density at radius 2 is 0.971 bits per heavy atom. The molecular weight excluding hydrogens is 579 g/mol. The Bertz CT molecular complexity index is 1090. The van der Waals surface area contributed by atoms with Crippen LogP contribution >= 0.6 is 0 Å². The van der Waals surface area contributed by atoms with Crippen LogP contribution in [0, 0.1) is 0 Å². The first-order valence-corrected chi connectivity index (χ1v) is 18.3. The molecule has 0 unspecified atom stereocenters. The number of halogens is 2. The Morgan fingerprint density at radius 3 is 1.29 bits per heavy atom. The van der Waals surface area contributed by atoms with Crippen LogP contribution in [-0.2, 0) is 26.2 Å². The third kappa shape index (κ3) is 5.85. The summed E-state index contributed by atoms with van der Waals surface area (Å²) in [4.78, 5) is 0. The Kier molecular flexibility index (Phi) is 11.8. The predicted octanol–water partition coefficient (Wildman–Crippen LogP) is 2.06. The summed E-state index contributed by atoms with van der Waals surface area (Å²) < 4.78 is 0. The first-order chi connectivity index (χ1) is 15.7. The van der Waals surface area contributed by atoms with Crippen molar-refractivity contribution in [3.8, 4) is 0 Å². The van der Waals surface area contributed by atoms with Crippen molar-refractivity contribution in [3.63, 3.8) is 0 Å². The van der Waals surface area contributed by atoms with Gasteiger partial charge in [-0.3, -0.25) is 0 Å². The Hall–Kier alpha value is -0.443. The molecule has 0 atom stereocenters. The molecule has 2 fully saturated rings. The molecule has 4 aromatic rings. The van der Waals surface area contributed by atoms with Crippen LogP contribution in [0.5, 0.6) is 0 Å². The fourth-order valence-corrected chi connectivity index (χ4v) is 16.1. The smallest absolute Gasteiger partial charge is 1.00 e. The second kappa shape index (κ2) is 13.4. The summed E-state index contributed by atoms with van der Waals surface area (Å²) in [5, 5.41) is 9.54. The van der Waals surface area contributed by atoms with Gasteiger partial charge >= 0.3 is 26.2 Å². The second-order valence-electron chi connectivity index (χ2n) is 10.4. The molecule has 0 bridgehead atoms. The van der Waals surface area contributed by atoms with Gasteiger partial charge in [0.05, 0.1) is 0 Å². The minimum absolute atomic E-state index is 0. The van der Waals surface area contributed by atoms with Gasteiger partial charge in [-0.1, -0.05) is 87.9 Å². The molecule has 0 nitrogen and oxygen atoms in total. The van der Waals surface area contributed by atoms with E-state index >= 15 is 0 Å². The summed E-state index contributed by atoms with van der Waals surface area (Å²) in [5.41, 5.74) is 0. The number of rotatable bonds is 6. The quantitative estimate of drug-likeness (QED) is 0.230. The van der Waals surface area contributed by atoms with E-state index in [0.717, 1.165) is 0 Å². The van der Waals surface area contributed by atoms with Crippen molar-refractivity contribution in [2.24, 2.45) is 0 Å². The van der Waals surface area contributed by atoms with E-state index in [4.69, 9.17) is 0 Å². The minimum Gasteiger partial charge on any atom is -1.00 e. The third-order valence-electron chi connectivity index (χ3n) is 8.58. The largest absolute Gasteiger partial charge is 4.00 e. The number of hydrogen-bond donors (Lipinski definition) is 0. The van der Waals surface area contributed by atoms with Crippen molar-refractivity contribution < 1.29 is 51.0 Å². The van der Waals surface area contributed by atoms with Gasteiger partial charge in [-0.05, 0) is 0 Å². The van der Waals surface area contributed by atoms with E-state index in [2.05, 4.69) is 86.6 Å². The summed E-state index contributed by atoms with van der Waals surface area (Å²) in [6.45, 7) is 4.69. The van der Waals surface area contributed by atoms with Crippen LogP contribution in [0.25, 0.3) is 21.5 Å². The van der Waals surface area contributed by atoms with Gasteiger partial charge < -0.3 is 24.8 Å². The van der Waals surface area contributed by atoms with Crippen molar-refractivity contribution in [1.82, 2.24) is 0 Å². The monoisotopic (exact) mass is 614 g/mol. The van der Waals surface area contributed by atoms with E-state index in [1.807, 2.05) is 0 Å². The summed E-state index contributed by atoms with van der Waals surface area (Å²) in [6, 6.07) is 36.5. The summed E-state index contributed by atoms with van der Waals surface area (Å²) in [7, 11) is -2.06. The third-order valence-corrected chi connectivity index (χ3v) is 19.9. The predicted molar refractivity (Wildman–Crippen MR) is 149 cm³/mol. The van der Waals surface area contributed by atoms with Crippen molar-refractivity contribution in [3.05, 3.63) is 72.8 Å². The molecule has 0 saturated carbocycles. The van der Waals surface area contributed by atoms with Gasteiger partial charge in [0.2, 0.25) is 0 Å². The summed E-state index contributed by atoms with van der Waals surface area (Å²) >= 11 is 0. The second-order valence-corrected chi connectivity index (χ2v) is 19.6. The average Bonchev–Trinajstić information content (AvgIpc) is 3.39. The van der Waals surface area contributed by atoms with Gasteiger partial charge in [-0.25, -0.2) is 0 Å². The fraction of sp³-hybridized carbons (Fsp3) is 0.400. The van der Waals surface area contributed by atoms with Crippen LogP contribution in [0.15, 0.2) is 72.8 Å². The minimum atomic E-state index is -1.03. The maximum Gasteiger partial charge on any atom is 4.00 e. The van der Waals surface area contributed by atoms with Crippen LogP contribution in [0.1, 0.15) is 39.5 Å². The zero-order chi connectivity index (χ0) is 22.0.